The molecular weight excluding hydrogens is 236 g/mol. The molecule has 0 radical (unpaired) electrons. The van der Waals surface area contributed by atoms with Crippen LogP contribution in [0.2, 0.25) is 0 Å². The molecule has 1 unspecified atom stereocenters. The minimum Gasteiger partial charge on any atom is -0.465 e. The molecule has 0 heterocycles. The van der Waals surface area contributed by atoms with Gasteiger partial charge in [0.15, 0.2) is 0 Å². The highest BCUT2D eigenvalue weighted by Gasteiger charge is 2.17. The number of nitriles is 1. The van der Waals surface area contributed by atoms with Crippen molar-refractivity contribution >= 4 is 17.7 Å². The Morgan fingerprint density at radius 2 is 2.24 bits per heavy atom. The number of carbonyl (C=O) groups excluding carboxylic acids is 1. The topological polar surface area (TPSA) is 76.1 Å². The van der Waals surface area contributed by atoms with E-state index in [1.807, 2.05) is 13.8 Å². The van der Waals surface area contributed by atoms with Gasteiger partial charge in [0.05, 0.1) is 18.1 Å². The van der Waals surface area contributed by atoms with Crippen molar-refractivity contribution < 1.29 is 9.53 Å². The Bertz CT molecular complexity index is 274. The molecule has 0 rings (SSSR count). The number of carbonyl (C=O) groups is 1. The van der Waals surface area contributed by atoms with Crippen molar-refractivity contribution in [2.75, 3.05) is 18.1 Å². The zero-order chi connectivity index (χ0) is 13.3. The van der Waals surface area contributed by atoms with E-state index in [-0.39, 0.29) is 11.4 Å². The van der Waals surface area contributed by atoms with Crippen LogP contribution in [0.5, 0.6) is 0 Å². The molecule has 2 N–H and O–H groups in total. The molecule has 98 valence electrons. The third kappa shape index (κ3) is 8.06. The van der Waals surface area contributed by atoms with Gasteiger partial charge in [0.25, 0.3) is 0 Å². The molecule has 0 fully saturated rings. The van der Waals surface area contributed by atoms with Gasteiger partial charge in [-0.3, -0.25) is 4.79 Å². The maximum Gasteiger partial charge on any atom is 0.323 e. The number of thioether (sulfide) groups is 1. The fourth-order valence-corrected chi connectivity index (χ4v) is 2.10. The predicted octanol–water partition coefficient (Wildman–Crippen LogP) is 1.94. The van der Waals surface area contributed by atoms with Crippen LogP contribution in [0.1, 0.15) is 33.6 Å². The van der Waals surface area contributed by atoms with Crippen LogP contribution in [0.15, 0.2) is 0 Å². The van der Waals surface area contributed by atoms with Crippen molar-refractivity contribution in [2.45, 2.75) is 39.7 Å². The molecule has 0 aromatic carbocycles. The number of hydrogen-bond donors (Lipinski definition) is 1. The van der Waals surface area contributed by atoms with Gasteiger partial charge in [0, 0.05) is 5.75 Å². The lowest BCUT2D eigenvalue weighted by molar-refractivity contribution is -0.144. The summed E-state index contributed by atoms with van der Waals surface area (Å²) in [5, 5.41) is 8.83. The van der Waals surface area contributed by atoms with E-state index in [1.54, 1.807) is 18.7 Å². The molecule has 17 heavy (non-hydrogen) atoms. The summed E-state index contributed by atoms with van der Waals surface area (Å²) in [6.45, 7) is 6.00. The van der Waals surface area contributed by atoms with Crippen LogP contribution in [-0.2, 0) is 9.53 Å². The Hall–Kier alpha value is -0.730. The maximum atomic E-state index is 11.2. The van der Waals surface area contributed by atoms with Crippen molar-refractivity contribution in [3.63, 3.8) is 0 Å². The number of ether oxygens (including phenoxy) is 1. The summed E-state index contributed by atoms with van der Waals surface area (Å²) < 4.78 is 4.81. The molecule has 0 saturated carbocycles. The van der Waals surface area contributed by atoms with Crippen LogP contribution in [0.3, 0.4) is 0 Å². The molecule has 0 saturated heterocycles. The predicted molar refractivity (Wildman–Crippen MR) is 70.6 cm³/mol. The average molecular weight is 258 g/mol. The molecule has 0 aliphatic heterocycles. The molecule has 5 heteroatoms. The van der Waals surface area contributed by atoms with Crippen molar-refractivity contribution in [1.82, 2.24) is 0 Å². The summed E-state index contributed by atoms with van der Waals surface area (Å²) in [6.07, 6.45) is 1.83. The summed E-state index contributed by atoms with van der Waals surface area (Å²) in [6, 6.07) is 1.73. The van der Waals surface area contributed by atoms with Gasteiger partial charge >= 0.3 is 5.97 Å². The molecule has 0 aliphatic carbocycles. The molecule has 0 aromatic rings. The van der Waals surface area contributed by atoms with Crippen molar-refractivity contribution in [1.29, 1.82) is 5.26 Å². The lowest BCUT2D eigenvalue weighted by Crippen LogP contribution is -2.34. The van der Waals surface area contributed by atoms with Gasteiger partial charge in [-0.1, -0.05) is 0 Å². The Kier molecular flexibility index (Phi) is 8.01. The van der Waals surface area contributed by atoms with Crippen molar-refractivity contribution in [2.24, 2.45) is 11.1 Å². The van der Waals surface area contributed by atoms with E-state index in [2.05, 4.69) is 6.07 Å². The fraction of sp³-hybridized carbons (Fsp3) is 0.833. The Morgan fingerprint density at radius 3 is 2.76 bits per heavy atom. The molecular formula is C12H22N2O2S. The number of nitrogens with two attached hydrogens (primary N) is 1. The SMILES string of the molecule is CCOC(=O)C(N)CSCCCC(C)(C)C#N. The van der Waals surface area contributed by atoms with Gasteiger partial charge in [-0.15, -0.1) is 0 Å². The van der Waals surface area contributed by atoms with E-state index in [9.17, 15) is 4.79 Å². The largest absolute Gasteiger partial charge is 0.465 e. The molecule has 4 nitrogen and oxygen atoms in total. The quantitative estimate of drug-likeness (QED) is 0.532. The second-order valence-corrected chi connectivity index (χ2v) is 5.68. The van der Waals surface area contributed by atoms with Gasteiger partial charge in [-0.05, 0) is 39.4 Å². The van der Waals surface area contributed by atoms with E-state index in [0.717, 1.165) is 18.6 Å². The van der Waals surface area contributed by atoms with Crippen LogP contribution < -0.4 is 5.73 Å². The van der Waals surface area contributed by atoms with Crippen LogP contribution in [-0.4, -0.2) is 30.1 Å². The monoisotopic (exact) mass is 258 g/mol. The maximum absolute atomic E-state index is 11.2. The molecule has 0 spiro atoms. The zero-order valence-electron chi connectivity index (χ0n) is 10.9. The second kappa shape index (κ2) is 8.37. The van der Waals surface area contributed by atoms with Crippen molar-refractivity contribution in [3.05, 3.63) is 0 Å². The first-order valence-electron chi connectivity index (χ1n) is 5.84. The molecule has 0 aromatic heterocycles. The highest BCUT2D eigenvalue weighted by atomic mass is 32.2. The first-order chi connectivity index (χ1) is 7.93. The summed E-state index contributed by atoms with van der Waals surface area (Å²) in [7, 11) is 0. The van der Waals surface area contributed by atoms with Gasteiger partial charge in [-0.2, -0.15) is 17.0 Å². The molecule has 0 aliphatic rings. The van der Waals surface area contributed by atoms with Gasteiger partial charge < -0.3 is 10.5 Å². The van der Waals surface area contributed by atoms with E-state index in [4.69, 9.17) is 15.7 Å². The number of hydrogen-bond acceptors (Lipinski definition) is 5. The van der Waals surface area contributed by atoms with E-state index >= 15 is 0 Å². The average Bonchev–Trinajstić information content (AvgIpc) is 2.28. The number of esters is 1. The summed E-state index contributed by atoms with van der Waals surface area (Å²) in [5.41, 5.74) is 5.39. The van der Waals surface area contributed by atoms with Crippen LogP contribution in [0.4, 0.5) is 0 Å². The molecule has 1 atom stereocenters. The minimum atomic E-state index is -0.538. The van der Waals surface area contributed by atoms with Gasteiger partial charge in [-0.25, -0.2) is 0 Å². The van der Waals surface area contributed by atoms with Crippen molar-refractivity contribution in [3.8, 4) is 6.07 Å². The van der Waals surface area contributed by atoms with Gasteiger partial charge in [0.1, 0.15) is 6.04 Å². The van der Waals surface area contributed by atoms with E-state index < -0.39 is 6.04 Å². The highest BCUT2D eigenvalue weighted by Crippen LogP contribution is 2.22. The van der Waals surface area contributed by atoms with E-state index in [1.165, 1.54) is 0 Å². The molecule has 0 bridgehead atoms. The zero-order valence-corrected chi connectivity index (χ0v) is 11.7. The highest BCUT2D eigenvalue weighted by molar-refractivity contribution is 7.99. The van der Waals surface area contributed by atoms with Gasteiger partial charge in [0.2, 0.25) is 0 Å². The van der Waals surface area contributed by atoms with Crippen LogP contribution in [0, 0.1) is 16.7 Å². The summed E-state index contributed by atoms with van der Waals surface area (Å²) in [4.78, 5) is 11.2. The lowest BCUT2D eigenvalue weighted by atomic mass is 9.90. The third-order valence-electron chi connectivity index (χ3n) is 2.28. The number of rotatable bonds is 8. The normalized spacial score (nSPS) is 12.9. The fourth-order valence-electron chi connectivity index (χ4n) is 1.20. The Morgan fingerprint density at radius 1 is 1.59 bits per heavy atom. The summed E-state index contributed by atoms with van der Waals surface area (Å²) >= 11 is 1.63. The lowest BCUT2D eigenvalue weighted by Gasteiger charge is -2.14. The first kappa shape index (κ1) is 16.3. The van der Waals surface area contributed by atoms with Crippen LogP contribution in [0.25, 0.3) is 0 Å². The Balaban J connectivity index is 3.59. The first-order valence-corrected chi connectivity index (χ1v) is 6.99. The van der Waals surface area contributed by atoms with Crippen LogP contribution >= 0.6 is 11.8 Å². The molecule has 0 amide bonds. The number of nitrogens with zero attached hydrogens (tertiary/aromatic N) is 1. The second-order valence-electron chi connectivity index (χ2n) is 4.53. The summed E-state index contributed by atoms with van der Waals surface area (Å²) in [5.74, 6) is 1.15. The minimum absolute atomic E-state index is 0.260. The smallest absolute Gasteiger partial charge is 0.323 e. The Labute approximate surface area is 108 Å². The van der Waals surface area contributed by atoms with E-state index in [0.29, 0.717) is 12.4 Å². The standard InChI is InChI=1S/C12H22N2O2S/c1-4-16-11(15)10(14)8-17-7-5-6-12(2,3)9-13/h10H,4-8,14H2,1-3H3. The third-order valence-corrected chi connectivity index (χ3v) is 3.45.